The highest BCUT2D eigenvalue weighted by Crippen LogP contribution is 2.58. The molecule has 0 radical (unpaired) electrons. The lowest BCUT2D eigenvalue weighted by Gasteiger charge is -2.47. The smallest absolute Gasteiger partial charge is 0.190 e. The number of anilines is 2. The van der Waals surface area contributed by atoms with Gasteiger partial charge in [0, 0.05) is 33.3 Å². The first-order valence-corrected chi connectivity index (χ1v) is 17.4. The number of unbranched alkanes of at least 4 members (excludes halogenated alkanes) is 2. The van der Waals surface area contributed by atoms with Crippen molar-refractivity contribution in [3.05, 3.63) is 60.4 Å². The highest BCUT2D eigenvalue weighted by atomic mass is 16.5. The van der Waals surface area contributed by atoms with Gasteiger partial charge >= 0.3 is 0 Å². The van der Waals surface area contributed by atoms with E-state index in [4.69, 9.17) is 4.74 Å². The molecular weight excluding hydrogens is 620 g/mol. The normalized spacial score (nSPS) is 18.2. The van der Waals surface area contributed by atoms with Gasteiger partial charge in [-0.05, 0) is 73.0 Å². The maximum atomic E-state index is 14.4. The zero-order chi connectivity index (χ0) is 35.1. The molecule has 0 fully saturated rings. The van der Waals surface area contributed by atoms with E-state index < -0.39 is 24.6 Å². The second-order valence-corrected chi connectivity index (χ2v) is 14.1. The van der Waals surface area contributed by atoms with Gasteiger partial charge in [-0.25, -0.2) is 0 Å². The maximum Gasteiger partial charge on any atom is 0.190 e. The summed E-state index contributed by atoms with van der Waals surface area (Å²) in [5, 5.41) is 44.6. The van der Waals surface area contributed by atoms with Crippen molar-refractivity contribution in [2.45, 2.75) is 104 Å². The van der Waals surface area contributed by atoms with Crippen molar-refractivity contribution >= 4 is 66.3 Å². The lowest BCUT2D eigenvalue weighted by atomic mass is 9.76. The number of nitrogens with one attached hydrogen (secondary N) is 2. The minimum absolute atomic E-state index is 0.00200. The van der Waals surface area contributed by atoms with Crippen molar-refractivity contribution < 1.29 is 24.9 Å². The predicted octanol–water partition coefficient (Wildman–Crippen LogP) is 7.03. The number of phenols is 1. The van der Waals surface area contributed by atoms with Gasteiger partial charge < -0.3 is 30.7 Å². The van der Waals surface area contributed by atoms with Crippen LogP contribution in [0.4, 0.5) is 11.4 Å². The van der Waals surface area contributed by atoms with E-state index in [1.165, 1.54) is 26.2 Å². The zero-order valence-electron chi connectivity index (χ0n) is 29.0. The van der Waals surface area contributed by atoms with Gasteiger partial charge in [0.15, 0.2) is 22.4 Å². The van der Waals surface area contributed by atoms with E-state index in [1.807, 2.05) is 13.0 Å². The number of aliphatic hydroxyl groups is 2. The van der Waals surface area contributed by atoms with Gasteiger partial charge in [0.1, 0.15) is 5.78 Å². The number of rotatable bonds is 10. The molecule has 2 unspecified atom stereocenters. The summed E-state index contributed by atoms with van der Waals surface area (Å²) in [6.07, 6.45) is 7.89. The molecule has 9 nitrogen and oxygen atoms in total. The van der Waals surface area contributed by atoms with Crippen LogP contribution in [0.1, 0.15) is 101 Å². The molecule has 0 spiro atoms. The average Bonchev–Trinajstić information content (AvgIpc) is 3.21. The van der Waals surface area contributed by atoms with Crippen LogP contribution in [0, 0.1) is 0 Å². The van der Waals surface area contributed by atoms with Crippen molar-refractivity contribution in [1.29, 1.82) is 0 Å². The van der Waals surface area contributed by atoms with Crippen molar-refractivity contribution in [1.82, 2.24) is 0 Å². The monoisotopic (exact) mass is 664 g/mol. The fraction of sp³-hybridized carbons (Fsp3) is 0.425. The number of hydrogen-bond donors (Lipinski definition) is 5. The molecule has 49 heavy (non-hydrogen) atoms. The molecule has 1 aliphatic heterocycles. The van der Waals surface area contributed by atoms with Crippen LogP contribution in [0.5, 0.6) is 11.5 Å². The maximum absolute atomic E-state index is 14.4. The first kappa shape index (κ1) is 33.0. The van der Waals surface area contributed by atoms with Gasteiger partial charge in [-0.1, -0.05) is 51.2 Å². The Kier molecular flexibility index (Phi) is 7.99. The summed E-state index contributed by atoms with van der Waals surface area (Å²) in [5.41, 5.74) is 2.84. The lowest BCUT2D eigenvalue weighted by molar-refractivity contribution is -0.117. The van der Waals surface area contributed by atoms with Crippen LogP contribution in [0.2, 0.25) is 0 Å². The number of methoxy groups -OCH3 is 1. The summed E-state index contributed by atoms with van der Waals surface area (Å²) >= 11 is 0. The van der Waals surface area contributed by atoms with Crippen LogP contribution in [-0.2, 0) is 18.0 Å². The number of hydrogen-bond acceptors (Lipinski definition) is 9. The SMILES string of the molecule is CCCCC1(CCCC)Nc2c(c3c(=O)cc(CO)c4c5c(CO)cc(=O)c6c(O)c(OC)c7c(c(c2C=C(C)C7C(C)=O)c34)c65)NC1C. The number of Topliss-reactive ketones (excluding diaryl/α,β-unsaturated/α-hetero) is 1. The predicted molar refractivity (Wildman–Crippen MR) is 197 cm³/mol. The van der Waals surface area contributed by atoms with Gasteiger partial charge in [-0.2, -0.15) is 0 Å². The highest BCUT2D eigenvalue weighted by molar-refractivity contribution is 6.40. The first-order chi connectivity index (χ1) is 23.5. The number of allylic oxidation sites excluding steroid dienone is 1. The Hall–Kier alpha value is -4.47. The molecule has 0 aromatic heterocycles. The summed E-state index contributed by atoms with van der Waals surface area (Å²) in [4.78, 5) is 41.9. The van der Waals surface area contributed by atoms with Gasteiger partial charge in [0.25, 0.3) is 0 Å². The molecule has 5 aromatic rings. The Morgan fingerprint density at radius 3 is 1.96 bits per heavy atom. The largest absolute Gasteiger partial charge is 0.504 e. The number of carbonyl (C=O) groups excluding carboxylic acids is 1. The third-order valence-corrected chi connectivity index (χ3v) is 11.3. The molecule has 7 rings (SSSR count). The number of ether oxygens (including phenoxy) is 1. The lowest BCUT2D eigenvalue weighted by Crippen LogP contribution is -2.54. The Bertz CT molecular complexity index is 2340. The zero-order valence-corrected chi connectivity index (χ0v) is 29.0. The van der Waals surface area contributed by atoms with E-state index in [2.05, 4.69) is 31.4 Å². The topological polar surface area (TPSA) is 145 Å². The van der Waals surface area contributed by atoms with E-state index in [9.17, 15) is 29.7 Å². The molecule has 256 valence electrons. The van der Waals surface area contributed by atoms with Crippen molar-refractivity contribution in [2.75, 3.05) is 17.7 Å². The molecule has 2 aliphatic rings. The first-order valence-electron chi connectivity index (χ1n) is 17.4. The third-order valence-electron chi connectivity index (χ3n) is 11.3. The summed E-state index contributed by atoms with van der Waals surface area (Å²) in [6.45, 7) is 8.94. The fourth-order valence-electron chi connectivity index (χ4n) is 9.10. The fourth-order valence-corrected chi connectivity index (χ4v) is 9.10. The van der Waals surface area contributed by atoms with Crippen LogP contribution in [0.25, 0.3) is 49.2 Å². The quantitative estimate of drug-likeness (QED) is 0.0785. The van der Waals surface area contributed by atoms with Gasteiger partial charge in [0.2, 0.25) is 0 Å². The third kappa shape index (κ3) is 4.41. The van der Waals surface area contributed by atoms with Crippen molar-refractivity contribution in [2.24, 2.45) is 0 Å². The second-order valence-electron chi connectivity index (χ2n) is 14.1. The molecular formula is C40H44N2O7. The summed E-state index contributed by atoms with van der Waals surface area (Å²) in [6, 6.07) is 2.70. The van der Waals surface area contributed by atoms with Crippen LogP contribution in [0.15, 0.2) is 27.3 Å². The summed E-state index contributed by atoms with van der Waals surface area (Å²) < 4.78 is 5.86. The number of aliphatic hydroxyl groups excluding tert-OH is 2. The van der Waals surface area contributed by atoms with Crippen LogP contribution in [-0.4, -0.2) is 39.8 Å². The molecule has 5 aromatic carbocycles. The number of fused-ring (bicyclic) bond motifs is 4. The molecule has 0 amide bonds. The number of phenolic OH excluding ortho intramolecular Hbond substituents is 1. The van der Waals surface area contributed by atoms with Gasteiger partial charge in [-0.15, -0.1) is 0 Å². The Balaban J connectivity index is 1.85. The van der Waals surface area contributed by atoms with E-state index in [0.29, 0.717) is 65.7 Å². The standard InChI is InChI=1S/C40H44N2O7/c1-7-9-11-40(12-10-8-2)20(5)41-37-30-24(46)14-21(16-43)27-28-22(17-44)15-25(47)31-33(28)34-29(32(27)30)23(36(37)42-40)13-18(3)26(19(4)45)35(34)39(49-6)38(31)48/h13-15,20,26,41-44,48H,7-12,16-17H2,1-6H3. The molecule has 0 bridgehead atoms. The number of carbonyl (C=O) groups is 1. The van der Waals surface area contributed by atoms with Gasteiger partial charge in [0.05, 0.1) is 53.9 Å². The minimum atomic E-state index is -0.839. The van der Waals surface area contributed by atoms with E-state index in [1.54, 1.807) is 0 Å². The van der Waals surface area contributed by atoms with Crippen LogP contribution < -0.4 is 26.2 Å². The van der Waals surface area contributed by atoms with E-state index >= 15 is 0 Å². The number of ketones is 1. The molecule has 1 aliphatic carbocycles. The van der Waals surface area contributed by atoms with E-state index in [0.717, 1.165) is 49.8 Å². The number of benzene rings is 5. The Morgan fingerprint density at radius 2 is 1.43 bits per heavy atom. The highest BCUT2D eigenvalue weighted by Gasteiger charge is 2.43. The number of aromatic hydroxyl groups is 1. The van der Waals surface area contributed by atoms with Gasteiger partial charge in [-0.3, -0.25) is 14.4 Å². The Labute approximate surface area is 284 Å². The van der Waals surface area contributed by atoms with Crippen LogP contribution in [0.3, 0.4) is 0 Å². The molecule has 9 heteroatoms. The summed E-state index contributed by atoms with van der Waals surface area (Å²) in [7, 11) is 1.40. The second kappa shape index (κ2) is 11.8. The molecule has 5 N–H and O–H groups in total. The molecule has 1 heterocycles. The van der Waals surface area contributed by atoms with Crippen molar-refractivity contribution in [3.8, 4) is 11.5 Å². The van der Waals surface area contributed by atoms with Crippen molar-refractivity contribution in [3.63, 3.8) is 0 Å². The average molecular weight is 665 g/mol. The van der Waals surface area contributed by atoms with Crippen LogP contribution >= 0.6 is 0 Å². The summed E-state index contributed by atoms with van der Waals surface area (Å²) in [5.74, 6) is -1.38. The molecule has 0 saturated carbocycles. The molecule has 2 atom stereocenters. The van der Waals surface area contributed by atoms with E-state index in [-0.39, 0.29) is 39.7 Å². The minimum Gasteiger partial charge on any atom is -0.504 e. The Morgan fingerprint density at radius 1 is 0.857 bits per heavy atom. The molecule has 0 saturated heterocycles.